The summed E-state index contributed by atoms with van der Waals surface area (Å²) < 4.78 is 38.4. The number of rotatable bonds is 21. The van der Waals surface area contributed by atoms with Crippen LogP contribution in [0.3, 0.4) is 0 Å². The zero-order valence-electron chi connectivity index (χ0n) is 24.3. The first-order chi connectivity index (χ1) is 20.0. The Labute approximate surface area is 242 Å². The van der Waals surface area contributed by atoms with Crippen LogP contribution in [0.15, 0.2) is 36.4 Å². The fourth-order valence-corrected chi connectivity index (χ4v) is 3.96. The quantitative estimate of drug-likeness (QED) is 0.144. The molecule has 0 radical (unpaired) electrons. The molecule has 0 aliphatic rings. The molecule has 0 aliphatic carbocycles. The molecule has 0 aliphatic heterocycles. The van der Waals surface area contributed by atoms with Crippen LogP contribution in [-0.4, -0.2) is 109 Å². The first-order valence-electron chi connectivity index (χ1n) is 13.9. The average molecular weight is 571 g/mol. The lowest BCUT2D eigenvalue weighted by Crippen LogP contribution is -2.26. The molecular weight excluding hydrogens is 529 g/mol. The van der Waals surface area contributed by atoms with E-state index in [9.17, 15) is 5.02 Å². The second kappa shape index (κ2) is 18.6. The zero-order chi connectivity index (χ0) is 29.3. The first-order valence-corrected chi connectivity index (χ1v) is 13.9. The monoisotopic (exact) mass is 571 g/mol. The van der Waals surface area contributed by atoms with Gasteiger partial charge in [0, 0.05) is 23.4 Å². The molecule has 3 N–H and O–H groups in total. The van der Waals surface area contributed by atoms with Gasteiger partial charge >= 0.3 is 6.92 Å². The Morgan fingerprint density at radius 1 is 0.707 bits per heavy atom. The predicted molar refractivity (Wildman–Crippen MR) is 159 cm³/mol. The normalized spacial score (nSPS) is 11.3. The molecule has 0 bridgehead atoms. The molecule has 224 valence electrons. The number of nitrogen functional groups attached to an aromatic ring is 1. The summed E-state index contributed by atoms with van der Waals surface area (Å²) in [5, 5.41) is 20.1. The first kappa shape index (κ1) is 32.7. The number of aromatic nitrogens is 2. The molecule has 1 aromatic heterocycles. The second-order valence-corrected chi connectivity index (χ2v) is 9.27. The van der Waals surface area contributed by atoms with Crippen molar-refractivity contribution in [2.45, 2.75) is 13.7 Å². The van der Waals surface area contributed by atoms with Crippen molar-refractivity contribution in [2.75, 3.05) is 92.1 Å². The van der Waals surface area contributed by atoms with Crippen LogP contribution in [0, 0.1) is 6.92 Å². The Balaban J connectivity index is 1.34. The molecule has 0 fully saturated rings. The van der Waals surface area contributed by atoms with E-state index in [0.717, 1.165) is 33.1 Å². The van der Waals surface area contributed by atoms with Gasteiger partial charge in [0.05, 0.1) is 78.4 Å². The van der Waals surface area contributed by atoms with Crippen molar-refractivity contribution in [2.24, 2.45) is 0 Å². The fourth-order valence-electron chi connectivity index (χ4n) is 3.96. The number of nitrogens with zero attached hydrogens (tertiary/aromatic N) is 2. The Morgan fingerprint density at radius 2 is 1.27 bits per heavy atom. The van der Waals surface area contributed by atoms with Gasteiger partial charge in [0.15, 0.2) is 5.82 Å². The molecular formula is C29H42BN3O8. The van der Waals surface area contributed by atoms with E-state index in [2.05, 4.69) is 10.2 Å². The third kappa shape index (κ3) is 11.2. The van der Waals surface area contributed by atoms with Gasteiger partial charge in [-0.25, -0.2) is 0 Å². The van der Waals surface area contributed by atoms with Gasteiger partial charge in [-0.3, -0.25) is 0 Å². The lowest BCUT2D eigenvalue weighted by atomic mass is 9.64. The summed E-state index contributed by atoms with van der Waals surface area (Å²) in [6.07, 6.45) is 0. The minimum absolute atomic E-state index is 0.368. The molecule has 12 heteroatoms. The smallest absolute Gasteiger partial charge is 0.320 e. The molecule has 0 atom stereocenters. The molecule has 1 heterocycles. The van der Waals surface area contributed by atoms with Gasteiger partial charge in [-0.15, -0.1) is 5.10 Å². The van der Waals surface area contributed by atoms with Gasteiger partial charge in [-0.05, 0) is 36.1 Å². The van der Waals surface area contributed by atoms with Crippen LogP contribution in [0.25, 0.3) is 21.9 Å². The molecule has 0 saturated heterocycles. The van der Waals surface area contributed by atoms with E-state index < -0.39 is 6.92 Å². The highest BCUT2D eigenvalue weighted by molar-refractivity contribution is 6.64. The van der Waals surface area contributed by atoms with Crippen molar-refractivity contribution in [3.05, 3.63) is 42.1 Å². The van der Waals surface area contributed by atoms with Crippen molar-refractivity contribution in [3.63, 3.8) is 0 Å². The van der Waals surface area contributed by atoms with Gasteiger partial charge in [-0.1, -0.05) is 25.0 Å². The van der Waals surface area contributed by atoms with Crippen LogP contribution in [-0.2, 0) is 28.4 Å². The highest BCUT2D eigenvalue weighted by Crippen LogP contribution is 2.33. The molecule has 3 aromatic rings. The minimum atomic E-state index is -0.606. The van der Waals surface area contributed by atoms with Crippen molar-refractivity contribution >= 4 is 29.0 Å². The van der Waals surface area contributed by atoms with Crippen LogP contribution < -0.4 is 15.9 Å². The largest absolute Gasteiger partial charge is 0.491 e. The second-order valence-electron chi connectivity index (χ2n) is 9.27. The summed E-state index contributed by atoms with van der Waals surface area (Å²) >= 11 is 0. The number of fused-ring (bicyclic) bond motifs is 1. The van der Waals surface area contributed by atoms with Crippen LogP contribution in [0.1, 0.15) is 5.69 Å². The molecule has 0 saturated carbocycles. The fraction of sp³-hybridized carbons (Fsp3) is 0.517. The molecule has 2 aromatic carbocycles. The summed E-state index contributed by atoms with van der Waals surface area (Å²) in [5.41, 5.74) is 9.40. The van der Waals surface area contributed by atoms with Crippen LogP contribution in [0.5, 0.6) is 5.75 Å². The summed E-state index contributed by atoms with van der Waals surface area (Å²) in [4.78, 5) is 0. The molecule has 41 heavy (non-hydrogen) atoms. The number of nitrogens with two attached hydrogens (primary N) is 1. The SMILES string of the molecule is COCCOCCOCCOCCOCCOCCOc1ccc(B(C)O)cc1-c1ccc2c(N)nnc(C)c2c1. The number of methoxy groups -OCH3 is 1. The van der Waals surface area contributed by atoms with Crippen molar-refractivity contribution in [1.82, 2.24) is 10.2 Å². The zero-order valence-corrected chi connectivity index (χ0v) is 24.3. The Morgan fingerprint density at radius 3 is 1.83 bits per heavy atom. The van der Waals surface area contributed by atoms with Crippen LogP contribution in [0.2, 0.25) is 6.82 Å². The standard InChI is InChI=1S/C29H42BN3O8/c1-22-26-20-23(4-6-25(26)29(31)33-32-22)27-21-24(30(2)34)5-7-28(27)41-19-18-40-17-16-39-15-14-38-13-12-37-11-10-36-9-8-35-3/h4-7,20-21,34H,8-19H2,1-3H3,(H2,31,33). The number of hydrogen-bond donors (Lipinski definition) is 2. The third-order valence-corrected chi connectivity index (χ3v) is 6.20. The lowest BCUT2D eigenvalue weighted by molar-refractivity contribution is -0.0159. The number of ether oxygens (including phenoxy) is 7. The Kier molecular flexibility index (Phi) is 14.8. The van der Waals surface area contributed by atoms with Crippen LogP contribution >= 0.6 is 0 Å². The van der Waals surface area contributed by atoms with E-state index in [1.165, 1.54) is 0 Å². The Bertz CT molecular complexity index is 1180. The van der Waals surface area contributed by atoms with Gasteiger partial charge in [0.25, 0.3) is 0 Å². The van der Waals surface area contributed by atoms with E-state index in [-0.39, 0.29) is 0 Å². The maximum atomic E-state index is 10.1. The number of hydrogen-bond acceptors (Lipinski definition) is 11. The van der Waals surface area contributed by atoms with E-state index in [1.54, 1.807) is 13.9 Å². The van der Waals surface area contributed by atoms with E-state index >= 15 is 0 Å². The number of benzene rings is 2. The average Bonchev–Trinajstić information content (AvgIpc) is 2.98. The predicted octanol–water partition coefficient (Wildman–Crippen LogP) is 2.12. The summed E-state index contributed by atoms with van der Waals surface area (Å²) in [6.45, 7) is 8.98. The minimum Gasteiger partial charge on any atom is -0.491 e. The topological polar surface area (TPSA) is 137 Å². The van der Waals surface area contributed by atoms with Gasteiger partial charge in [-0.2, -0.15) is 5.10 Å². The lowest BCUT2D eigenvalue weighted by Gasteiger charge is -2.15. The number of anilines is 1. The summed E-state index contributed by atoms with van der Waals surface area (Å²) in [5.74, 6) is 1.09. The molecule has 11 nitrogen and oxygen atoms in total. The number of aryl methyl sites for hydroxylation is 1. The van der Waals surface area contributed by atoms with Crippen molar-refractivity contribution in [3.8, 4) is 16.9 Å². The molecule has 0 amide bonds. The van der Waals surface area contributed by atoms with Gasteiger partial charge in [0.1, 0.15) is 12.4 Å². The third-order valence-electron chi connectivity index (χ3n) is 6.20. The van der Waals surface area contributed by atoms with Crippen LogP contribution in [0.4, 0.5) is 5.82 Å². The molecule has 3 rings (SSSR count). The highest BCUT2D eigenvalue weighted by Gasteiger charge is 2.14. The van der Waals surface area contributed by atoms with E-state index in [1.807, 2.05) is 43.3 Å². The maximum absolute atomic E-state index is 10.1. The van der Waals surface area contributed by atoms with Gasteiger partial charge in [0.2, 0.25) is 0 Å². The summed E-state index contributed by atoms with van der Waals surface area (Å²) in [7, 11) is 1.64. The van der Waals surface area contributed by atoms with E-state index in [4.69, 9.17) is 38.9 Å². The Hall–Kier alpha value is -2.84. The van der Waals surface area contributed by atoms with Crippen molar-refractivity contribution in [1.29, 1.82) is 0 Å². The van der Waals surface area contributed by atoms with Gasteiger partial charge < -0.3 is 43.9 Å². The molecule has 0 spiro atoms. The summed E-state index contributed by atoms with van der Waals surface area (Å²) in [6, 6.07) is 11.6. The molecule has 0 unspecified atom stereocenters. The maximum Gasteiger partial charge on any atom is 0.320 e. The van der Waals surface area contributed by atoms with Crippen molar-refractivity contribution < 1.29 is 38.2 Å². The highest BCUT2D eigenvalue weighted by atomic mass is 16.6. The van der Waals surface area contributed by atoms with E-state index in [0.29, 0.717) is 90.8 Å².